The molecule has 0 amide bonds. The van der Waals surface area contributed by atoms with E-state index < -0.39 is 0 Å². The van der Waals surface area contributed by atoms with Crippen LogP contribution in [0.5, 0.6) is 0 Å². The molecular weight excluding hydrogens is 186 g/mol. The van der Waals surface area contributed by atoms with Crippen LogP contribution in [-0.4, -0.2) is 55.6 Å². The smallest absolute Gasteiger partial charge is 0.0371 e. The number of terminal acetylenes is 1. The van der Waals surface area contributed by atoms with Gasteiger partial charge in [-0.15, -0.1) is 12.3 Å². The molecule has 3 nitrogen and oxygen atoms in total. The third-order valence-corrected chi connectivity index (χ3v) is 3.25. The highest BCUT2D eigenvalue weighted by Crippen LogP contribution is 2.12. The minimum atomic E-state index is 0.256. The number of hydrogen-bond donors (Lipinski definition) is 1. The van der Waals surface area contributed by atoms with Gasteiger partial charge >= 0.3 is 0 Å². The van der Waals surface area contributed by atoms with Crippen LogP contribution in [0.2, 0.25) is 0 Å². The number of rotatable bonds is 4. The highest BCUT2D eigenvalue weighted by Gasteiger charge is 2.26. The van der Waals surface area contributed by atoms with E-state index in [9.17, 15) is 0 Å². The molecule has 1 heterocycles. The minimum Gasteiger partial charge on any atom is -0.326 e. The average molecular weight is 209 g/mol. The number of nitrogens with two attached hydrogens (primary N) is 1. The predicted octanol–water partition coefficient (Wildman–Crippen LogP) is 0.363. The van der Waals surface area contributed by atoms with E-state index in [1.54, 1.807) is 0 Å². The number of likely N-dealkylation sites (N-methyl/N-ethyl adjacent to an activating group) is 2. The molecule has 2 N–H and O–H groups in total. The topological polar surface area (TPSA) is 32.5 Å². The van der Waals surface area contributed by atoms with Crippen LogP contribution in [0.15, 0.2) is 0 Å². The maximum absolute atomic E-state index is 6.20. The SMILES string of the molecule is C#CCCCC(N)C1CN(C)CCN1C. The fraction of sp³-hybridized carbons (Fsp3) is 0.833. The molecule has 0 aromatic rings. The minimum absolute atomic E-state index is 0.256. The Morgan fingerprint density at radius 3 is 2.87 bits per heavy atom. The number of piperazine rings is 1. The molecule has 0 aliphatic carbocycles. The molecule has 1 fully saturated rings. The summed E-state index contributed by atoms with van der Waals surface area (Å²) in [4.78, 5) is 4.73. The van der Waals surface area contributed by atoms with Crippen molar-refractivity contribution in [1.82, 2.24) is 9.80 Å². The Morgan fingerprint density at radius 2 is 2.20 bits per heavy atom. The van der Waals surface area contributed by atoms with Gasteiger partial charge in [0, 0.05) is 38.1 Å². The lowest BCUT2D eigenvalue weighted by Gasteiger charge is -2.40. The molecule has 0 radical (unpaired) electrons. The standard InChI is InChI=1S/C12H23N3/c1-4-5-6-7-11(13)12-10-14(2)8-9-15(12)3/h1,11-12H,5-10,13H2,2-3H3. The van der Waals surface area contributed by atoms with Crippen molar-refractivity contribution in [2.24, 2.45) is 5.73 Å². The third kappa shape index (κ3) is 3.83. The highest BCUT2D eigenvalue weighted by molar-refractivity contribution is 4.89. The van der Waals surface area contributed by atoms with E-state index >= 15 is 0 Å². The maximum Gasteiger partial charge on any atom is 0.0371 e. The van der Waals surface area contributed by atoms with E-state index in [0.717, 1.165) is 38.9 Å². The molecule has 0 bridgehead atoms. The summed E-state index contributed by atoms with van der Waals surface area (Å²) in [6.07, 6.45) is 8.16. The van der Waals surface area contributed by atoms with Gasteiger partial charge in [0.15, 0.2) is 0 Å². The lowest BCUT2D eigenvalue weighted by molar-refractivity contribution is 0.0949. The maximum atomic E-state index is 6.20. The van der Waals surface area contributed by atoms with Crippen LogP contribution < -0.4 is 5.73 Å². The van der Waals surface area contributed by atoms with E-state index in [-0.39, 0.29) is 6.04 Å². The summed E-state index contributed by atoms with van der Waals surface area (Å²) in [6.45, 7) is 3.34. The zero-order valence-electron chi connectivity index (χ0n) is 9.95. The van der Waals surface area contributed by atoms with E-state index in [0.29, 0.717) is 6.04 Å². The summed E-state index contributed by atoms with van der Waals surface area (Å²) in [7, 11) is 4.33. The van der Waals surface area contributed by atoms with Gasteiger partial charge in [0.2, 0.25) is 0 Å². The van der Waals surface area contributed by atoms with Gasteiger partial charge in [-0.3, -0.25) is 4.90 Å². The first kappa shape index (κ1) is 12.5. The summed E-state index contributed by atoms with van der Waals surface area (Å²) in [5.41, 5.74) is 6.20. The second-order valence-electron chi connectivity index (χ2n) is 4.57. The summed E-state index contributed by atoms with van der Waals surface area (Å²) >= 11 is 0. The number of hydrogen-bond acceptors (Lipinski definition) is 3. The van der Waals surface area contributed by atoms with Crippen molar-refractivity contribution < 1.29 is 0 Å². The molecule has 86 valence electrons. The van der Waals surface area contributed by atoms with Gasteiger partial charge in [-0.1, -0.05) is 0 Å². The van der Waals surface area contributed by atoms with Crippen molar-refractivity contribution in [3.63, 3.8) is 0 Å². The van der Waals surface area contributed by atoms with Gasteiger partial charge in [0.1, 0.15) is 0 Å². The van der Waals surface area contributed by atoms with E-state index in [1.165, 1.54) is 0 Å². The molecule has 0 saturated carbocycles. The van der Waals surface area contributed by atoms with Crippen molar-refractivity contribution in [1.29, 1.82) is 0 Å². The molecular formula is C12H23N3. The molecule has 2 atom stereocenters. The van der Waals surface area contributed by atoms with Crippen LogP contribution in [0.25, 0.3) is 0 Å². The van der Waals surface area contributed by atoms with E-state index in [2.05, 4.69) is 29.8 Å². The van der Waals surface area contributed by atoms with Crippen molar-refractivity contribution in [3.8, 4) is 12.3 Å². The molecule has 3 heteroatoms. The van der Waals surface area contributed by atoms with Gasteiger partial charge in [0.05, 0.1) is 0 Å². The Bertz CT molecular complexity index is 221. The lowest BCUT2D eigenvalue weighted by atomic mass is 9.99. The fourth-order valence-corrected chi connectivity index (χ4v) is 2.14. The van der Waals surface area contributed by atoms with Gasteiger partial charge < -0.3 is 10.6 Å². The highest BCUT2D eigenvalue weighted by atomic mass is 15.3. The second kappa shape index (κ2) is 6.12. The summed E-state index contributed by atoms with van der Waals surface area (Å²) in [5, 5.41) is 0. The Morgan fingerprint density at radius 1 is 1.47 bits per heavy atom. The van der Waals surface area contributed by atoms with Crippen LogP contribution in [0, 0.1) is 12.3 Å². The van der Waals surface area contributed by atoms with Gasteiger partial charge in [-0.2, -0.15) is 0 Å². The monoisotopic (exact) mass is 209 g/mol. The van der Waals surface area contributed by atoms with Crippen LogP contribution in [0.4, 0.5) is 0 Å². The first-order valence-electron chi connectivity index (χ1n) is 5.73. The molecule has 0 aromatic carbocycles. The first-order valence-corrected chi connectivity index (χ1v) is 5.73. The Balaban J connectivity index is 2.36. The van der Waals surface area contributed by atoms with Crippen molar-refractivity contribution in [2.45, 2.75) is 31.3 Å². The molecule has 1 rings (SSSR count). The zero-order valence-corrected chi connectivity index (χ0v) is 9.95. The molecule has 2 unspecified atom stereocenters. The van der Waals surface area contributed by atoms with Gasteiger partial charge in [-0.25, -0.2) is 0 Å². The molecule has 0 spiro atoms. The van der Waals surface area contributed by atoms with Crippen LogP contribution in [0.1, 0.15) is 19.3 Å². The predicted molar refractivity (Wildman–Crippen MR) is 64.6 cm³/mol. The van der Waals surface area contributed by atoms with Crippen LogP contribution >= 0.6 is 0 Å². The Labute approximate surface area is 93.6 Å². The fourth-order valence-electron chi connectivity index (χ4n) is 2.14. The van der Waals surface area contributed by atoms with Gasteiger partial charge in [-0.05, 0) is 26.9 Å². The van der Waals surface area contributed by atoms with Crippen molar-refractivity contribution in [3.05, 3.63) is 0 Å². The largest absolute Gasteiger partial charge is 0.326 e. The zero-order chi connectivity index (χ0) is 11.3. The van der Waals surface area contributed by atoms with Gasteiger partial charge in [0.25, 0.3) is 0 Å². The van der Waals surface area contributed by atoms with Crippen LogP contribution in [-0.2, 0) is 0 Å². The molecule has 1 aliphatic rings. The van der Waals surface area contributed by atoms with E-state index in [1.807, 2.05) is 0 Å². The van der Waals surface area contributed by atoms with Crippen molar-refractivity contribution >= 4 is 0 Å². The second-order valence-corrected chi connectivity index (χ2v) is 4.57. The lowest BCUT2D eigenvalue weighted by Crippen LogP contribution is -2.57. The normalized spacial score (nSPS) is 26.1. The summed E-state index contributed by atoms with van der Waals surface area (Å²) in [6, 6.07) is 0.743. The number of nitrogens with zero attached hydrogens (tertiary/aromatic N) is 2. The van der Waals surface area contributed by atoms with E-state index in [4.69, 9.17) is 12.2 Å². The average Bonchev–Trinajstić information content (AvgIpc) is 2.22. The molecule has 15 heavy (non-hydrogen) atoms. The summed E-state index contributed by atoms with van der Waals surface area (Å²) in [5.74, 6) is 2.67. The molecule has 1 saturated heterocycles. The van der Waals surface area contributed by atoms with Crippen LogP contribution in [0.3, 0.4) is 0 Å². The Hall–Kier alpha value is -0.560. The molecule has 1 aliphatic heterocycles. The Kier molecular flexibility index (Phi) is 5.10. The summed E-state index contributed by atoms with van der Waals surface area (Å²) < 4.78 is 0. The van der Waals surface area contributed by atoms with Crippen molar-refractivity contribution in [2.75, 3.05) is 33.7 Å². The third-order valence-electron chi connectivity index (χ3n) is 3.25. The number of unbranched alkanes of at least 4 members (excludes halogenated alkanes) is 1. The molecule has 0 aromatic heterocycles. The first-order chi connectivity index (χ1) is 7.15. The quantitative estimate of drug-likeness (QED) is 0.536.